The van der Waals surface area contributed by atoms with Gasteiger partial charge in [0, 0.05) is 12.6 Å². The maximum Gasteiger partial charge on any atom is 0.316 e. The standard InChI is InChI=1S/C19H26N4O4S/c1-3-23-18(15-9-6-10-26-15)21-22-19(23)28-12-17(25)27-11-16(24)20-14-8-5-4-7-13(14)2/h6,9-10,13-14H,3-5,7-8,11-12H2,1-2H3,(H,20,24)/t13-,14+/m1/s1. The van der Waals surface area contributed by atoms with Crippen molar-refractivity contribution in [3.8, 4) is 11.6 Å². The SMILES string of the molecule is CCn1c(SCC(=O)OCC(=O)N[C@H]2CCCC[C@H]2C)nnc1-c1ccco1. The van der Waals surface area contributed by atoms with E-state index in [1.54, 1.807) is 12.3 Å². The molecule has 1 N–H and O–H groups in total. The van der Waals surface area contributed by atoms with Crippen molar-refractivity contribution in [3.63, 3.8) is 0 Å². The average Bonchev–Trinajstić information content (AvgIpc) is 3.35. The molecule has 1 aliphatic carbocycles. The van der Waals surface area contributed by atoms with Gasteiger partial charge in [0.25, 0.3) is 5.91 Å². The van der Waals surface area contributed by atoms with E-state index in [9.17, 15) is 9.59 Å². The summed E-state index contributed by atoms with van der Waals surface area (Å²) in [6, 6.07) is 3.77. The zero-order chi connectivity index (χ0) is 19.9. The van der Waals surface area contributed by atoms with Gasteiger partial charge >= 0.3 is 5.97 Å². The molecule has 0 radical (unpaired) electrons. The van der Waals surface area contributed by atoms with E-state index in [1.165, 1.54) is 18.2 Å². The first-order valence-electron chi connectivity index (χ1n) is 9.63. The number of nitrogens with zero attached hydrogens (tertiary/aromatic N) is 3. The van der Waals surface area contributed by atoms with Crippen molar-refractivity contribution in [1.29, 1.82) is 0 Å². The Morgan fingerprint density at radius 1 is 1.36 bits per heavy atom. The van der Waals surface area contributed by atoms with Crippen LogP contribution < -0.4 is 5.32 Å². The van der Waals surface area contributed by atoms with Crippen molar-refractivity contribution >= 4 is 23.6 Å². The fourth-order valence-corrected chi connectivity index (χ4v) is 4.16. The van der Waals surface area contributed by atoms with Gasteiger partial charge in [-0.1, -0.05) is 31.5 Å². The number of ether oxygens (including phenoxy) is 1. The third-order valence-electron chi connectivity index (χ3n) is 4.92. The van der Waals surface area contributed by atoms with Gasteiger partial charge in [0.05, 0.1) is 12.0 Å². The number of carbonyl (C=O) groups is 2. The zero-order valence-corrected chi connectivity index (χ0v) is 17.0. The Morgan fingerprint density at radius 3 is 2.89 bits per heavy atom. The predicted molar refractivity (Wildman–Crippen MR) is 105 cm³/mol. The van der Waals surface area contributed by atoms with Crippen LogP contribution >= 0.6 is 11.8 Å². The molecule has 8 nitrogen and oxygen atoms in total. The summed E-state index contributed by atoms with van der Waals surface area (Å²) in [4.78, 5) is 24.1. The summed E-state index contributed by atoms with van der Waals surface area (Å²) >= 11 is 1.23. The second-order valence-electron chi connectivity index (χ2n) is 6.91. The summed E-state index contributed by atoms with van der Waals surface area (Å²) in [6.07, 6.45) is 6.03. The van der Waals surface area contributed by atoms with Gasteiger partial charge in [-0.25, -0.2) is 0 Å². The molecule has 1 saturated carbocycles. The molecule has 28 heavy (non-hydrogen) atoms. The Morgan fingerprint density at radius 2 is 2.18 bits per heavy atom. The first-order valence-corrected chi connectivity index (χ1v) is 10.6. The van der Waals surface area contributed by atoms with E-state index >= 15 is 0 Å². The van der Waals surface area contributed by atoms with Gasteiger partial charge in [-0.3, -0.25) is 14.2 Å². The topological polar surface area (TPSA) is 99.2 Å². The lowest BCUT2D eigenvalue weighted by atomic mass is 9.86. The number of amides is 1. The molecule has 0 unspecified atom stereocenters. The Bertz CT molecular complexity index is 790. The maximum absolute atomic E-state index is 12.0. The highest BCUT2D eigenvalue weighted by Gasteiger charge is 2.23. The number of nitrogens with one attached hydrogen (secondary N) is 1. The van der Waals surface area contributed by atoms with Crippen LogP contribution in [0.3, 0.4) is 0 Å². The van der Waals surface area contributed by atoms with Crippen LogP contribution in [0.15, 0.2) is 28.0 Å². The van der Waals surface area contributed by atoms with Gasteiger partial charge in [0.1, 0.15) is 0 Å². The minimum absolute atomic E-state index is 0.0589. The highest BCUT2D eigenvalue weighted by atomic mass is 32.2. The lowest BCUT2D eigenvalue weighted by Crippen LogP contribution is -2.43. The van der Waals surface area contributed by atoms with E-state index in [0.717, 1.165) is 19.3 Å². The maximum atomic E-state index is 12.0. The fourth-order valence-electron chi connectivity index (χ4n) is 3.36. The van der Waals surface area contributed by atoms with Gasteiger partial charge in [0.2, 0.25) is 0 Å². The molecular formula is C19H26N4O4S. The molecule has 2 aromatic rings. The molecule has 2 atom stereocenters. The van der Waals surface area contributed by atoms with Crippen LogP contribution in [0.2, 0.25) is 0 Å². The van der Waals surface area contributed by atoms with Crippen molar-refractivity contribution in [2.75, 3.05) is 12.4 Å². The second kappa shape index (κ2) is 9.77. The number of esters is 1. The van der Waals surface area contributed by atoms with Crippen LogP contribution in [0.25, 0.3) is 11.6 Å². The molecule has 1 aliphatic rings. The molecule has 2 heterocycles. The third-order valence-corrected chi connectivity index (χ3v) is 5.86. The molecule has 0 bridgehead atoms. The molecular weight excluding hydrogens is 380 g/mol. The molecule has 3 rings (SSSR count). The smallest absolute Gasteiger partial charge is 0.316 e. The summed E-state index contributed by atoms with van der Waals surface area (Å²) in [6.45, 7) is 4.51. The van der Waals surface area contributed by atoms with Crippen molar-refractivity contribution < 1.29 is 18.7 Å². The molecule has 0 aliphatic heterocycles. The summed E-state index contributed by atoms with van der Waals surface area (Å²) < 4.78 is 12.3. The number of hydrogen-bond donors (Lipinski definition) is 1. The van der Waals surface area contributed by atoms with Gasteiger partial charge in [-0.15, -0.1) is 10.2 Å². The second-order valence-corrected chi connectivity index (χ2v) is 7.86. The molecule has 0 saturated heterocycles. The first-order chi connectivity index (χ1) is 13.6. The third kappa shape index (κ3) is 5.15. The number of thioether (sulfide) groups is 1. The largest absolute Gasteiger partial charge is 0.461 e. The fraction of sp³-hybridized carbons (Fsp3) is 0.579. The summed E-state index contributed by atoms with van der Waals surface area (Å²) in [7, 11) is 0. The molecule has 9 heteroatoms. The van der Waals surface area contributed by atoms with Crippen LogP contribution in [0.4, 0.5) is 0 Å². The van der Waals surface area contributed by atoms with Crippen molar-refractivity contribution in [2.24, 2.45) is 5.92 Å². The lowest BCUT2D eigenvalue weighted by Gasteiger charge is -2.29. The van der Waals surface area contributed by atoms with E-state index in [0.29, 0.717) is 29.2 Å². The minimum atomic E-state index is -0.456. The number of furan rings is 1. The van der Waals surface area contributed by atoms with Crippen LogP contribution in [0.1, 0.15) is 39.5 Å². The van der Waals surface area contributed by atoms with E-state index in [2.05, 4.69) is 22.4 Å². The Hall–Kier alpha value is -2.29. The van der Waals surface area contributed by atoms with Crippen molar-refractivity contribution in [3.05, 3.63) is 18.4 Å². The van der Waals surface area contributed by atoms with Crippen molar-refractivity contribution in [1.82, 2.24) is 20.1 Å². The highest BCUT2D eigenvalue weighted by Crippen LogP contribution is 2.25. The summed E-state index contributed by atoms with van der Waals surface area (Å²) in [5, 5.41) is 11.8. The van der Waals surface area contributed by atoms with E-state index < -0.39 is 5.97 Å². The van der Waals surface area contributed by atoms with E-state index in [-0.39, 0.29) is 24.3 Å². The Balaban J connectivity index is 1.45. The van der Waals surface area contributed by atoms with Gasteiger partial charge < -0.3 is 14.5 Å². The Labute approximate surface area is 168 Å². The summed E-state index contributed by atoms with van der Waals surface area (Å²) in [5.74, 6) is 1.06. The number of aromatic nitrogens is 3. The van der Waals surface area contributed by atoms with Crippen LogP contribution in [0.5, 0.6) is 0 Å². The molecule has 152 valence electrons. The van der Waals surface area contributed by atoms with Gasteiger partial charge in [-0.05, 0) is 37.8 Å². The molecule has 0 aromatic carbocycles. The number of rotatable bonds is 8. The van der Waals surface area contributed by atoms with E-state index in [1.807, 2.05) is 17.6 Å². The number of carbonyl (C=O) groups excluding carboxylic acids is 2. The van der Waals surface area contributed by atoms with Crippen LogP contribution in [-0.2, 0) is 20.9 Å². The molecule has 1 amide bonds. The molecule has 2 aromatic heterocycles. The summed E-state index contributed by atoms with van der Waals surface area (Å²) in [5.41, 5.74) is 0. The Kier molecular flexibility index (Phi) is 7.13. The monoisotopic (exact) mass is 406 g/mol. The highest BCUT2D eigenvalue weighted by molar-refractivity contribution is 7.99. The number of hydrogen-bond acceptors (Lipinski definition) is 7. The average molecular weight is 407 g/mol. The first kappa shape index (κ1) is 20.4. The van der Waals surface area contributed by atoms with Gasteiger partial charge in [-0.2, -0.15) is 0 Å². The minimum Gasteiger partial charge on any atom is -0.461 e. The van der Waals surface area contributed by atoms with Crippen LogP contribution in [-0.4, -0.2) is 45.0 Å². The van der Waals surface area contributed by atoms with Crippen LogP contribution in [0, 0.1) is 5.92 Å². The van der Waals surface area contributed by atoms with E-state index in [4.69, 9.17) is 9.15 Å². The predicted octanol–water partition coefficient (Wildman–Crippen LogP) is 2.89. The molecule has 0 spiro atoms. The zero-order valence-electron chi connectivity index (χ0n) is 16.2. The van der Waals surface area contributed by atoms with Gasteiger partial charge in [0.15, 0.2) is 23.3 Å². The normalized spacial score (nSPS) is 19.4. The molecule has 1 fully saturated rings. The lowest BCUT2D eigenvalue weighted by molar-refractivity contribution is -0.146. The van der Waals surface area contributed by atoms with Crippen molar-refractivity contribution in [2.45, 2.75) is 57.3 Å². The quantitative estimate of drug-likeness (QED) is 0.531.